The van der Waals surface area contributed by atoms with Gasteiger partial charge >= 0.3 is 6.18 Å². The van der Waals surface area contributed by atoms with E-state index in [1.54, 1.807) is 18.3 Å². The molecule has 0 unspecified atom stereocenters. The zero-order valence-corrected chi connectivity index (χ0v) is 19.1. The number of hydrogen-bond donors (Lipinski definition) is 2. The van der Waals surface area contributed by atoms with Crippen LogP contribution in [-0.2, 0) is 6.18 Å². The number of fused-ring (bicyclic) bond motifs is 1. The fourth-order valence-electron chi connectivity index (χ4n) is 3.68. The molecule has 0 fully saturated rings. The van der Waals surface area contributed by atoms with Crippen molar-refractivity contribution >= 4 is 34.1 Å². The van der Waals surface area contributed by atoms with Crippen molar-refractivity contribution in [1.82, 2.24) is 29.9 Å². The molecular weight excluding hydrogens is 499 g/mol. The van der Waals surface area contributed by atoms with E-state index < -0.39 is 23.5 Å². The normalized spacial score (nSPS) is 11.6. The summed E-state index contributed by atoms with van der Waals surface area (Å²) in [6.07, 6.45) is 0.524. The van der Waals surface area contributed by atoms with Crippen LogP contribution in [0.3, 0.4) is 0 Å². The number of nitrogens with zero attached hydrogens (tertiary/aromatic N) is 5. The number of anilines is 1. The Bertz CT molecular complexity index is 1580. The average Bonchev–Trinajstić information content (AvgIpc) is 3.55. The predicted molar refractivity (Wildman–Crippen MR) is 125 cm³/mol. The van der Waals surface area contributed by atoms with Crippen LogP contribution in [0.5, 0.6) is 5.88 Å². The number of carbonyl (C=O) groups is 1. The van der Waals surface area contributed by atoms with Crippen molar-refractivity contribution in [3.05, 3.63) is 77.3 Å². The van der Waals surface area contributed by atoms with Crippen molar-refractivity contribution in [1.29, 1.82) is 0 Å². The molecule has 0 radical (unpaired) electrons. The molecule has 5 rings (SSSR count). The average molecular weight is 514 g/mol. The lowest BCUT2D eigenvalue weighted by molar-refractivity contribution is -0.137. The highest BCUT2D eigenvalue weighted by Gasteiger charge is 2.36. The van der Waals surface area contributed by atoms with Crippen molar-refractivity contribution in [3.63, 3.8) is 0 Å². The number of pyridine rings is 2. The quantitative estimate of drug-likeness (QED) is 0.337. The predicted octanol–water partition coefficient (Wildman–Crippen LogP) is 5.14. The van der Waals surface area contributed by atoms with E-state index in [-0.39, 0.29) is 17.1 Å². The lowest BCUT2D eigenvalue weighted by Gasteiger charge is -2.14. The number of rotatable bonds is 5. The van der Waals surface area contributed by atoms with Gasteiger partial charge in [-0.25, -0.2) is 9.97 Å². The number of aromatic nitrogens is 6. The minimum atomic E-state index is -4.77. The summed E-state index contributed by atoms with van der Waals surface area (Å²) < 4.78 is 46.3. The van der Waals surface area contributed by atoms with Gasteiger partial charge in [-0.15, -0.1) is 4.80 Å². The van der Waals surface area contributed by atoms with Gasteiger partial charge in [0.05, 0.1) is 47.6 Å². The second kappa shape index (κ2) is 8.96. The topological polar surface area (TPSA) is 111 Å². The highest BCUT2D eigenvalue weighted by atomic mass is 35.5. The third kappa shape index (κ3) is 4.22. The molecule has 2 N–H and O–H groups in total. The van der Waals surface area contributed by atoms with E-state index in [0.29, 0.717) is 16.3 Å². The second-order valence-corrected chi connectivity index (χ2v) is 7.89. The molecule has 1 amide bonds. The third-order valence-electron chi connectivity index (χ3n) is 5.27. The maximum Gasteiger partial charge on any atom is 0.420 e. The van der Waals surface area contributed by atoms with Gasteiger partial charge in [-0.1, -0.05) is 17.7 Å². The highest BCUT2D eigenvalue weighted by molar-refractivity contribution is 6.34. The molecule has 13 heteroatoms. The number of benzene rings is 1. The van der Waals surface area contributed by atoms with Crippen molar-refractivity contribution < 1.29 is 22.7 Å². The number of methoxy groups -OCH3 is 1. The number of nitrogens with one attached hydrogen (secondary N) is 2. The van der Waals surface area contributed by atoms with Gasteiger partial charge in [0.1, 0.15) is 11.1 Å². The summed E-state index contributed by atoms with van der Waals surface area (Å²) in [7, 11) is 1.33. The zero-order chi connectivity index (χ0) is 25.4. The molecule has 0 saturated heterocycles. The zero-order valence-electron chi connectivity index (χ0n) is 18.3. The van der Waals surface area contributed by atoms with Gasteiger partial charge < -0.3 is 15.0 Å². The Morgan fingerprint density at radius 1 is 1.14 bits per heavy atom. The Kier molecular flexibility index (Phi) is 5.80. The summed E-state index contributed by atoms with van der Waals surface area (Å²) in [5, 5.41) is 11.2. The molecule has 0 spiro atoms. The number of ether oxygens (including phenoxy) is 1. The van der Waals surface area contributed by atoms with Crippen LogP contribution in [0.1, 0.15) is 15.9 Å². The molecule has 0 aliphatic rings. The fraction of sp³-hybridized carbons (Fsp3) is 0.0870. The largest absolute Gasteiger partial charge is 0.480 e. The Balaban J connectivity index is 1.48. The molecular formula is C23H15ClF3N7O2. The van der Waals surface area contributed by atoms with Gasteiger partial charge in [-0.3, -0.25) is 4.79 Å². The number of alkyl halides is 3. The van der Waals surface area contributed by atoms with Gasteiger partial charge in [0.15, 0.2) is 5.82 Å². The first-order valence-corrected chi connectivity index (χ1v) is 10.7. The number of amides is 1. The molecule has 182 valence electrons. The number of H-pyrrole nitrogens is 1. The molecule has 0 aliphatic carbocycles. The van der Waals surface area contributed by atoms with Gasteiger partial charge in [-0.05, 0) is 30.3 Å². The van der Waals surface area contributed by atoms with Crippen LogP contribution in [-0.4, -0.2) is 43.0 Å². The van der Waals surface area contributed by atoms with Crippen molar-refractivity contribution in [2.24, 2.45) is 0 Å². The molecule has 1 aromatic carbocycles. The van der Waals surface area contributed by atoms with Crippen LogP contribution in [0.15, 0.2) is 61.2 Å². The second-order valence-electron chi connectivity index (χ2n) is 7.48. The molecule has 4 heterocycles. The molecule has 9 nitrogen and oxygen atoms in total. The minimum Gasteiger partial charge on any atom is -0.480 e. The molecule has 5 aromatic rings. The van der Waals surface area contributed by atoms with Crippen molar-refractivity contribution in [2.45, 2.75) is 6.18 Å². The van der Waals surface area contributed by atoms with Crippen molar-refractivity contribution in [2.75, 3.05) is 12.4 Å². The minimum absolute atomic E-state index is 0.00223. The van der Waals surface area contributed by atoms with E-state index in [2.05, 4.69) is 30.5 Å². The Morgan fingerprint density at radius 3 is 2.64 bits per heavy atom. The highest BCUT2D eigenvalue weighted by Crippen LogP contribution is 2.36. The summed E-state index contributed by atoms with van der Waals surface area (Å²) in [6, 6.07) is 9.25. The fourth-order valence-corrected chi connectivity index (χ4v) is 3.93. The lowest BCUT2D eigenvalue weighted by Crippen LogP contribution is -2.18. The number of aromatic amines is 1. The van der Waals surface area contributed by atoms with Gasteiger partial charge in [0, 0.05) is 17.1 Å². The molecule has 0 aliphatic heterocycles. The van der Waals surface area contributed by atoms with E-state index in [0.717, 1.165) is 28.0 Å². The van der Waals surface area contributed by atoms with E-state index in [9.17, 15) is 18.0 Å². The molecule has 36 heavy (non-hydrogen) atoms. The molecule has 0 atom stereocenters. The number of carbonyl (C=O) groups excluding carboxylic acids is 1. The smallest absolute Gasteiger partial charge is 0.420 e. The number of halogens is 4. The van der Waals surface area contributed by atoms with Gasteiger partial charge in [-0.2, -0.15) is 23.4 Å². The van der Waals surface area contributed by atoms with E-state index >= 15 is 0 Å². The maximum absolute atomic E-state index is 13.7. The summed E-state index contributed by atoms with van der Waals surface area (Å²) in [5.41, 5.74) is 0.512. The van der Waals surface area contributed by atoms with E-state index in [1.807, 2.05) is 12.1 Å². The van der Waals surface area contributed by atoms with Crippen LogP contribution in [0, 0.1) is 0 Å². The third-order valence-corrected chi connectivity index (χ3v) is 5.58. The Morgan fingerprint density at radius 2 is 1.92 bits per heavy atom. The standard InChI is InChI=1S/C23H15ClF3N7O2/c1-36-22-14(3-5-17(33-22)18-16(24)4-2-12-6-7-28-19(12)18)21(35)32-13-10-15(23(25,26)27)20(29-11-13)34-30-8-9-31-34/h2-11,28H,1H3,(H,32,35). The van der Waals surface area contributed by atoms with Crippen LogP contribution in [0.25, 0.3) is 28.0 Å². The summed E-state index contributed by atoms with van der Waals surface area (Å²) in [5.74, 6) is -1.30. The summed E-state index contributed by atoms with van der Waals surface area (Å²) >= 11 is 6.41. The van der Waals surface area contributed by atoms with E-state index in [4.69, 9.17) is 16.3 Å². The van der Waals surface area contributed by atoms with Crippen LogP contribution in [0.4, 0.5) is 18.9 Å². The van der Waals surface area contributed by atoms with E-state index in [1.165, 1.54) is 25.6 Å². The first kappa shape index (κ1) is 23.3. The first-order chi connectivity index (χ1) is 17.3. The van der Waals surface area contributed by atoms with Gasteiger partial charge in [0.2, 0.25) is 5.88 Å². The molecule has 0 saturated carbocycles. The first-order valence-electron chi connectivity index (χ1n) is 10.3. The van der Waals surface area contributed by atoms with Crippen LogP contribution >= 0.6 is 11.6 Å². The van der Waals surface area contributed by atoms with Crippen LogP contribution < -0.4 is 10.1 Å². The van der Waals surface area contributed by atoms with Gasteiger partial charge in [0.25, 0.3) is 5.91 Å². The molecule has 4 aromatic heterocycles. The molecule has 0 bridgehead atoms. The van der Waals surface area contributed by atoms with Crippen LogP contribution in [0.2, 0.25) is 5.02 Å². The summed E-state index contributed by atoms with van der Waals surface area (Å²) in [4.78, 5) is 25.0. The van der Waals surface area contributed by atoms with Crippen molar-refractivity contribution in [3.8, 4) is 23.0 Å². The summed E-state index contributed by atoms with van der Waals surface area (Å²) in [6.45, 7) is 0. The SMILES string of the molecule is COc1nc(-c2c(Cl)ccc3cc[nH]c23)ccc1C(=O)Nc1cnc(-n2nccn2)c(C(F)(F)F)c1. The monoisotopic (exact) mass is 513 g/mol. The number of hydrogen-bond acceptors (Lipinski definition) is 6. The Hall–Kier alpha value is -4.45. The lowest BCUT2D eigenvalue weighted by atomic mass is 10.1. The maximum atomic E-state index is 13.7. The Labute approximate surface area is 205 Å².